The molecule has 0 amide bonds. The third-order valence-electron chi connectivity index (χ3n) is 3.19. The van der Waals surface area contributed by atoms with Gasteiger partial charge in [0.15, 0.2) is 0 Å². The first-order valence-electron chi connectivity index (χ1n) is 6.54. The van der Waals surface area contributed by atoms with Crippen molar-refractivity contribution < 1.29 is 8.83 Å². The summed E-state index contributed by atoms with van der Waals surface area (Å²) in [6, 6.07) is 14.4. The number of furan rings is 2. The van der Waals surface area contributed by atoms with E-state index in [0.717, 1.165) is 35.5 Å². The number of rotatable bonds is 5. The smallest absolute Gasteiger partial charge is 0.134 e. The molecule has 0 radical (unpaired) electrons. The van der Waals surface area contributed by atoms with Crippen LogP contribution in [0.15, 0.2) is 57.6 Å². The Labute approximate surface area is 112 Å². The third-order valence-corrected chi connectivity index (χ3v) is 3.19. The normalized spacial score (nSPS) is 12.9. The molecule has 1 aromatic carbocycles. The van der Waals surface area contributed by atoms with Crippen molar-refractivity contribution in [1.82, 2.24) is 5.32 Å². The van der Waals surface area contributed by atoms with Crippen molar-refractivity contribution in [3.63, 3.8) is 0 Å². The van der Waals surface area contributed by atoms with Gasteiger partial charge in [0.05, 0.1) is 12.8 Å². The monoisotopic (exact) mass is 255 g/mol. The van der Waals surface area contributed by atoms with Crippen LogP contribution in [0.5, 0.6) is 0 Å². The van der Waals surface area contributed by atoms with E-state index in [1.165, 1.54) is 0 Å². The average Bonchev–Trinajstić information content (AvgIpc) is 3.04. The summed E-state index contributed by atoms with van der Waals surface area (Å²) in [5.74, 6) is 1.97. The highest BCUT2D eigenvalue weighted by Crippen LogP contribution is 2.18. The summed E-state index contributed by atoms with van der Waals surface area (Å²) in [6.45, 7) is 2.88. The Balaban J connectivity index is 1.59. The van der Waals surface area contributed by atoms with E-state index in [-0.39, 0.29) is 0 Å². The molecule has 0 spiro atoms. The van der Waals surface area contributed by atoms with Gasteiger partial charge in [0.2, 0.25) is 0 Å². The molecule has 0 aliphatic heterocycles. The van der Waals surface area contributed by atoms with E-state index < -0.39 is 0 Å². The van der Waals surface area contributed by atoms with E-state index in [1.807, 2.05) is 30.3 Å². The predicted octanol–water partition coefficient (Wildman–Crippen LogP) is 3.75. The Hall–Kier alpha value is -2.00. The first kappa shape index (κ1) is 12.1. The van der Waals surface area contributed by atoms with E-state index in [1.54, 1.807) is 6.26 Å². The molecule has 1 N–H and O–H groups in total. The largest absolute Gasteiger partial charge is 0.469 e. The van der Waals surface area contributed by atoms with Crippen LogP contribution < -0.4 is 5.32 Å². The van der Waals surface area contributed by atoms with Crippen molar-refractivity contribution in [2.24, 2.45) is 0 Å². The standard InChI is InChI=1S/C16H17NO2/c1-12(9-14-6-4-8-18-14)17-11-15-10-13-5-2-3-7-16(13)19-15/h2-8,10,12,17H,9,11H2,1H3/t12-/m0/s1. The molecule has 3 aromatic rings. The zero-order chi connectivity index (χ0) is 13.1. The van der Waals surface area contributed by atoms with Crippen molar-refractivity contribution in [3.05, 3.63) is 60.2 Å². The summed E-state index contributed by atoms with van der Waals surface area (Å²) in [5.41, 5.74) is 0.943. The van der Waals surface area contributed by atoms with Crippen molar-refractivity contribution in [3.8, 4) is 0 Å². The molecule has 3 rings (SSSR count). The highest BCUT2D eigenvalue weighted by Gasteiger charge is 2.07. The number of hydrogen-bond donors (Lipinski definition) is 1. The van der Waals surface area contributed by atoms with E-state index in [2.05, 4.69) is 24.4 Å². The quantitative estimate of drug-likeness (QED) is 0.754. The highest BCUT2D eigenvalue weighted by atomic mass is 16.3. The molecule has 0 unspecified atom stereocenters. The van der Waals surface area contributed by atoms with Crippen molar-refractivity contribution in [2.45, 2.75) is 25.9 Å². The van der Waals surface area contributed by atoms with Gasteiger partial charge in [-0.1, -0.05) is 18.2 Å². The van der Waals surface area contributed by atoms with Crippen LogP contribution in [0.4, 0.5) is 0 Å². The van der Waals surface area contributed by atoms with Gasteiger partial charge in [-0.2, -0.15) is 0 Å². The Morgan fingerprint density at radius 2 is 2.00 bits per heavy atom. The molecule has 0 aliphatic rings. The fourth-order valence-corrected chi connectivity index (χ4v) is 2.20. The van der Waals surface area contributed by atoms with Crippen LogP contribution in [0.25, 0.3) is 11.0 Å². The summed E-state index contributed by atoms with van der Waals surface area (Å²) in [7, 11) is 0. The maximum atomic E-state index is 5.77. The molecule has 3 heteroatoms. The molecular formula is C16H17NO2. The number of hydrogen-bond acceptors (Lipinski definition) is 3. The van der Waals surface area contributed by atoms with Gasteiger partial charge in [0, 0.05) is 17.8 Å². The van der Waals surface area contributed by atoms with Crippen LogP contribution in [0.1, 0.15) is 18.4 Å². The molecule has 1 atom stereocenters. The topological polar surface area (TPSA) is 38.3 Å². The molecule has 19 heavy (non-hydrogen) atoms. The van der Waals surface area contributed by atoms with E-state index >= 15 is 0 Å². The zero-order valence-electron chi connectivity index (χ0n) is 10.9. The van der Waals surface area contributed by atoms with Gasteiger partial charge in [0.25, 0.3) is 0 Å². The van der Waals surface area contributed by atoms with Gasteiger partial charge in [-0.15, -0.1) is 0 Å². The van der Waals surface area contributed by atoms with Crippen LogP contribution in [0, 0.1) is 0 Å². The highest BCUT2D eigenvalue weighted by molar-refractivity contribution is 5.77. The fraction of sp³-hybridized carbons (Fsp3) is 0.250. The summed E-state index contributed by atoms with van der Waals surface area (Å²) in [5, 5.41) is 4.60. The molecule has 0 saturated carbocycles. The molecule has 0 saturated heterocycles. The third kappa shape index (κ3) is 2.88. The maximum absolute atomic E-state index is 5.77. The molecule has 98 valence electrons. The van der Waals surface area contributed by atoms with Crippen LogP contribution in [-0.2, 0) is 13.0 Å². The summed E-state index contributed by atoms with van der Waals surface area (Å²) in [4.78, 5) is 0. The fourth-order valence-electron chi connectivity index (χ4n) is 2.20. The summed E-state index contributed by atoms with van der Waals surface area (Å²) in [6.07, 6.45) is 2.59. The van der Waals surface area contributed by atoms with E-state index in [0.29, 0.717) is 6.04 Å². The SMILES string of the molecule is C[C@@H](Cc1ccco1)NCc1cc2ccccc2o1. The minimum Gasteiger partial charge on any atom is -0.469 e. The summed E-state index contributed by atoms with van der Waals surface area (Å²) >= 11 is 0. The van der Waals surface area contributed by atoms with Crippen LogP contribution in [0.2, 0.25) is 0 Å². The Kier molecular flexibility index (Phi) is 3.38. The number of benzene rings is 1. The summed E-state index contributed by atoms with van der Waals surface area (Å²) < 4.78 is 11.1. The van der Waals surface area contributed by atoms with Gasteiger partial charge in [-0.25, -0.2) is 0 Å². The van der Waals surface area contributed by atoms with E-state index in [9.17, 15) is 0 Å². The number of para-hydroxylation sites is 1. The second-order valence-corrected chi connectivity index (χ2v) is 4.82. The molecule has 2 heterocycles. The molecule has 2 aromatic heterocycles. The Morgan fingerprint density at radius 3 is 2.79 bits per heavy atom. The first-order chi connectivity index (χ1) is 9.31. The molecule has 0 bridgehead atoms. The lowest BCUT2D eigenvalue weighted by molar-refractivity contribution is 0.435. The molecule has 0 fully saturated rings. The molecular weight excluding hydrogens is 238 g/mol. The number of fused-ring (bicyclic) bond motifs is 1. The zero-order valence-corrected chi connectivity index (χ0v) is 10.9. The van der Waals surface area contributed by atoms with Gasteiger partial charge >= 0.3 is 0 Å². The van der Waals surface area contributed by atoms with Crippen LogP contribution >= 0.6 is 0 Å². The first-order valence-corrected chi connectivity index (χ1v) is 6.54. The van der Waals surface area contributed by atoms with Crippen molar-refractivity contribution in [1.29, 1.82) is 0 Å². The minimum absolute atomic E-state index is 0.347. The molecule has 3 nitrogen and oxygen atoms in total. The lowest BCUT2D eigenvalue weighted by Gasteiger charge is -2.10. The maximum Gasteiger partial charge on any atom is 0.134 e. The van der Waals surface area contributed by atoms with Crippen LogP contribution in [0.3, 0.4) is 0 Å². The van der Waals surface area contributed by atoms with Gasteiger partial charge in [-0.05, 0) is 31.2 Å². The van der Waals surface area contributed by atoms with Crippen LogP contribution in [-0.4, -0.2) is 6.04 Å². The van der Waals surface area contributed by atoms with Gasteiger partial charge in [0.1, 0.15) is 17.1 Å². The second kappa shape index (κ2) is 5.33. The Bertz CT molecular complexity index is 607. The van der Waals surface area contributed by atoms with Gasteiger partial charge in [-0.3, -0.25) is 0 Å². The Morgan fingerprint density at radius 1 is 1.11 bits per heavy atom. The lowest BCUT2D eigenvalue weighted by Crippen LogP contribution is -2.27. The van der Waals surface area contributed by atoms with Gasteiger partial charge < -0.3 is 14.2 Å². The second-order valence-electron chi connectivity index (χ2n) is 4.82. The average molecular weight is 255 g/mol. The van der Waals surface area contributed by atoms with Crippen molar-refractivity contribution in [2.75, 3.05) is 0 Å². The minimum atomic E-state index is 0.347. The predicted molar refractivity (Wildman–Crippen MR) is 74.9 cm³/mol. The van der Waals surface area contributed by atoms with Crippen molar-refractivity contribution >= 4 is 11.0 Å². The lowest BCUT2D eigenvalue weighted by atomic mass is 10.2. The number of nitrogens with one attached hydrogen (secondary N) is 1. The molecule has 0 aliphatic carbocycles. The van der Waals surface area contributed by atoms with E-state index in [4.69, 9.17) is 8.83 Å².